The number of imidazole rings is 1. The van der Waals surface area contributed by atoms with Crippen molar-refractivity contribution in [3.8, 4) is 0 Å². The molecule has 0 unspecified atom stereocenters. The molecule has 0 saturated heterocycles. The highest BCUT2D eigenvalue weighted by Gasteiger charge is 2.12. The van der Waals surface area contributed by atoms with Crippen molar-refractivity contribution in [2.75, 3.05) is 0 Å². The Morgan fingerprint density at radius 3 is 2.82 bits per heavy atom. The van der Waals surface area contributed by atoms with E-state index in [1.54, 1.807) is 11.3 Å². The maximum atomic E-state index is 5.81. The first-order chi connectivity index (χ1) is 10.8. The van der Waals surface area contributed by atoms with Crippen LogP contribution in [0.3, 0.4) is 0 Å². The topological polar surface area (TPSA) is 39.9 Å². The first kappa shape index (κ1) is 13.4. The molecule has 0 N–H and O–H groups in total. The van der Waals surface area contributed by atoms with E-state index >= 15 is 0 Å². The Balaban J connectivity index is 1.61. The average molecular weight is 309 g/mol. The molecule has 3 heterocycles. The van der Waals surface area contributed by atoms with Gasteiger partial charge in [0.25, 0.3) is 0 Å². The molecule has 0 saturated carbocycles. The van der Waals surface area contributed by atoms with Crippen molar-refractivity contribution in [2.45, 2.75) is 13.2 Å². The van der Waals surface area contributed by atoms with Gasteiger partial charge in [0.2, 0.25) is 0 Å². The minimum absolute atomic E-state index is 0.493. The molecular weight excluding hydrogens is 294 g/mol. The second-order valence-corrected chi connectivity index (χ2v) is 6.11. The third-order valence-corrected chi connectivity index (χ3v) is 4.65. The van der Waals surface area contributed by atoms with E-state index in [2.05, 4.69) is 32.0 Å². The van der Waals surface area contributed by atoms with E-state index < -0.39 is 0 Å². The number of nitrogens with zero attached hydrogens (tertiary/aromatic N) is 3. The first-order valence-electron chi connectivity index (χ1n) is 7.12. The summed E-state index contributed by atoms with van der Waals surface area (Å²) in [6, 6.07) is 12.2. The molecule has 0 fully saturated rings. The van der Waals surface area contributed by atoms with Crippen molar-refractivity contribution in [1.29, 1.82) is 0 Å². The largest absolute Gasteiger partial charge is 0.369 e. The number of aryl methyl sites for hydroxylation is 1. The zero-order chi connectivity index (χ0) is 14.9. The quantitative estimate of drug-likeness (QED) is 0.574. The fourth-order valence-corrected chi connectivity index (χ4v) is 3.53. The normalized spacial score (nSPS) is 11.5. The second-order valence-electron chi connectivity index (χ2n) is 5.19. The van der Waals surface area contributed by atoms with E-state index in [4.69, 9.17) is 4.74 Å². The Hall–Kier alpha value is -2.24. The third-order valence-electron chi connectivity index (χ3n) is 3.74. The summed E-state index contributed by atoms with van der Waals surface area (Å²) >= 11 is 1.70. The van der Waals surface area contributed by atoms with Gasteiger partial charge >= 0.3 is 0 Å². The highest BCUT2D eigenvalue weighted by molar-refractivity contribution is 7.18. The van der Waals surface area contributed by atoms with Gasteiger partial charge in [-0.15, -0.1) is 11.3 Å². The monoisotopic (exact) mass is 309 g/mol. The summed E-state index contributed by atoms with van der Waals surface area (Å²) in [4.78, 5) is 9.10. The summed E-state index contributed by atoms with van der Waals surface area (Å²) in [6.45, 7) is 1.09. The van der Waals surface area contributed by atoms with Gasteiger partial charge in [-0.25, -0.2) is 4.98 Å². The van der Waals surface area contributed by atoms with Crippen molar-refractivity contribution in [1.82, 2.24) is 14.5 Å². The lowest BCUT2D eigenvalue weighted by atomic mass is 10.2. The van der Waals surface area contributed by atoms with Gasteiger partial charge in [-0.1, -0.05) is 30.3 Å². The maximum Gasteiger partial charge on any atom is 0.135 e. The fourth-order valence-electron chi connectivity index (χ4n) is 2.60. The number of aromatic nitrogens is 3. The third kappa shape index (κ3) is 2.28. The highest BCUT2D eigenvalue weighted by Crippen LogP contribution is 2.28. The van der Waals surface area contributed by atoms with Crippen molar-refractivity contribution < 1.29 is 4.74 Å². The summed E-state index contributed by atoms with van der Waals surface area (Å²) in [5.74, 6) is 0.925. The van der Waals surface area contributed by atoms with E-state index in [1.807, 2.05) is 37.5 Å². The van der Waals surface area contributed by atoms with Gasteiger partial charge in [0.05, 0.1) is 28.5 Å². The van der Waals surface area contributed by atoms with Crippen LogP contribution < -0.4 is 0 Å². The van der Waals surface area contributed by atoms with Crippen LogP contribution in [0.15, 0.2) is 48.0 Å². The number of rotatable bonds is 4. The minimum Gasteiger partial charge on any atom is -0.369 e. The van der Waals surface area contributed by atoms with Crippen molar-refractivity contribution in [3.05, 3.63) is 59.4 Å². The zero-order valence-electron chi connectivity index (χ0n) is 12.2. The predicted molar refractivity (Wildman–Crippen MR) is 88.8 cm³/mol. The smallest absolute Gasteiger partial charge is 0.135 e. The molecule has 0 aliphatic carbocycles. The molecule has 0 bridgehead atoms. The fraction of sp³-hybridized carbons (Fsp3) is 0.176. The standard InChI is InChI=1S/C17H15N3OS/c1-20-15(11-21-10-12-5-3-2-4-6-12)19-14-9-18-13-7-8-22-17(13)16(14)20/h2-9H,10-11H2,1H3. The van der Waals surface area contributed by atoms with Crippen LogP contribution in [0.5, 0.6) is 0 Å². The SMILES string of the molecule is Cn1c(COCc2ccccc2)nc2cnc3ccsc3c21. The Morgan fingerprint density at radius 1 is 1.09 bits per heavy atom. The average Bonchev–Trinajstić information content (AvgIpc) is 3.13. The van der Waals surface area contributed by atoms with Gasteiger partial charge < -0.3 is 9.30 Å². The van der Waals surface area contributed by atoms with E-state index in [-0.39, 0.29) is 0 Å². The molecule has 4 aromatic rings. The molecule has 5 heteroatoms. The van der Waals surface area contributed by atoms with Crippen molar-refractivity contribution >= 4 is 32.6 Å². The van der Waals surface area contributed by atoms with Crippen LogP contribution in [0.2, 0.25) is 0 Å². The summed E-state index contributed by atoms with van der Waals surface area (Å²) in [5, 5.41) is 2.07. The van der Waals surface area contributed by atoms with E-state index in [1.165, 1.54) is 10.3 Å². The van der Waals surface area contributed by atoms with Gasteiger partial charge in [0.1, 0.15) is 17.9 Å². The number of hydrogen-bond acceptors (Lipinski definition) is 4. The molecule has 4 rings (SSSR count). The van der Waals surface area contributed by atoms with E-state index in [0.29, 0.717) is 13.2 Å². The van der Waals surface area contributed by atoms with Crippen LogP contribution in [0.25, 0.3) is 21.3 Å². The molecule has 1 aromatic carbocycles. The first-order valence-corrected chi connectivity index (χ1v) is 8.00. The molecular formula is C17H15N3OS. The van der Waals surface area contributed by atoms with Crippen LogP contribution in [0, 0.1) is 0 Å². The number of pyridine rings is 1. The number of thiophene rings is 1. The van der Waals surface area contributed by atoms with E-state index in [9.17, 15) is 0 Å². The Labute approximate surface area is 132 Å². The molecule has 110 valence electrons. The second kappa shape index (κ2) is 5.51. The lowest BCUT2D eigenvalue weighted by molar-refractivity contribution is 0.100. The van der Waals surface area contributed by atoms with Gasteiger partial charge in [0.15, 0.2) is 0 Å². The highest BCUT2D eigenvalue weighted by atomic mass is 32.1. The van der Waals surface area contributed by atoms with Crippen LogP contribution in [-0.2, 0) is 25.0 Å². The van der Waals surface area contributed by atoms with Crippen molar-refractivity contribution in [2.24, 2.45) is 7.05 Å². The summed E-state index contributed by atoms with van der Waals surface area (Å²) < 4.78 is 9.10. The molecule has 0 aliphatic heterocycles. The van der Waals surface area contributed by atoms with Gasteiger partial charge in [-0.2, -0.15) is 0 Å². The maximum absolute atomic E-state index is 5.81. The molecule has 22 heavy (non-hydrogen) atoms. The molecule has 0 aliphatic rings. The summed E-state index contributed by atoms with van der Waals surface area (Å²) in [5.41, 5.74) is 4.26. The van der Waals surface area contributed by atoms with Crippen LogP contribution in [0.1, 0.15) is 11.4 Å². The zero-order valence-corrected chi connectivity index (χ0v) is 13.0. The number of fused-ring (bicyclic) bond motifs is 3. The molecule has 0 radical (unpaired) electrons. The lowest BCUT2D eigenvalue weighted by Crippen LogP contribution is -2.01. The van der Waals surface area contributed by atoms with Gasteiger partial charge in [-0.3, -0.25) is 4.98 Å². The molecule has 0 amide bonds. The Morgan fingerprint density at radius 2 is 1.95 bits per heavy atom. The predicted octanol–water partition coefficient (Wildman–Crippen LogP) is 3.90. The van der Waals surface area contributed by atoms with Crippen LogP contribution in [-0.4, -0.2) is 14.5 Å². The van der Waals surface area contributed by atoms with Crippen LogP contribution in [0.4, 0.5) is 0 Å². The number of hydrogen-bond donors (Lipinski definition) is 0. The Kier molecular flexibility index (Phi) is 3.36. The molecule has 3 aromatic heterocycles. The van der Waals surface area contributed by atoms with Gasteiger partial charge in [-0.05, 0) is 17.0 Å². The number of benzene rings is 1. The van der Waals surface area contributed by atoms with Crippen molar-refractivity contribution in [3.63, 3.8) is 0 Å². The molecule has 0 atom stereocenters. The molecule has 0 spiro atoms. The minimum atomic E-state index is 0.493. The lowest BCUT2D eigenvalue weighted by Gasteiger charge is -2.05. The Bertz CT molecular complexity index is 927. The van der Waals surface area contributed by atoms with E-state index in [0.717, 1.165) is 22.4 Å². The van der Waals surface area contributed by atoms with Crippen LogP contribution >= 0.6 is 11.3 Å². The number of ether oxygens (including phenoxy) is 1. The summed E-state index contributed by atoms with van der Waals surface area (Å²) in [7, 11) is 2.04. The molecule has 4 nitrogen and oxygen atoms in total. The van der Waals surface area contributed by atoms with Gasteiger partial charge in [0, 0.05) is 7.05 Å². The summed E-state index contributed by atoms with van der Waals surface area (Å²) in [6.07, 6.45) is 1.84.